The first-order chi connectivity index (χ1) is 9.53. The molecule has 0 aliphatic carbocycles. The molecule has 1 aromatic carbocycles. The van der Waals surface area contributed by atoms with Gasteiger partial charge in [0.25, 0.3) is 0 Å². The second-order valence-electron chi connectivity index (χ2n) is 3.94. The molecule has 2 rings (SSSR count). The van der Waals surface area contributed by atoms with E-state index in [9.17, 15) is 0 Å². The molecule has 1 N–H and O–H groups in total. The maximum atomic E-state index is 5.79. The summed E-state index contributed by atoms with van der Waals surface area (Å²) in [6, 6.07) is 5.41. The van der Waals surface area contributed by atoms with Crippen LogP contribution in [0.4, 0.5) is 5.95 Å². The van der Waals surface area contributed by atoms with Crippen LogP contribution in [0.3, 0.4) is 0 Å². The SMILES string of the molecule is CNc1nc(C)cc(Oc2cc(Br)c(OC)cc2Br)n1. The van der Waals surface area contributed by atoms with Gasteiger partial charge in [0, 0.05) is 18.8 Å². The zero-order chi connectivity index (χ0) is 14.7. The number of benzene rings is 1. The van der Waals surface area contributed by atoms with Crippen LogP contribution in [0.15, 0.2) is 27.1 Å². The molecule has 0 amide bonds. The fourth-order valence-corrected chi connectivity index (χ4v) is 2.45. The summed E-state index contributed by atoms with van der Waals surface area (Å²) in [6.07, 6.45) is 0. The van der Waals surface area contributed by atoms with E-state index in [-0.39, 0.29) is 0 Å². The molecule has 0 spiro atoms. The van der Waals surface area contributed by atoms with Gasteiger partial charge in [-0.15, -0.1) is 0 Å². The lowest BCUT2D eigenvalue weighted by Crippen LogP contribution is -2.00. The van der Waals surface area contributed by atoms with Gasteiger partial charge in [-0.2, -0.15) is 4.98 Å². The molecule has 20 heavy (non-hydrogen) atoms. The number of aryl methyl sites for hydroxylation is 1. The summed E-state index contributed by atoms with van der Waals surface area (Å²) < 4.78 is 12.6. The summed E-state index contributed by atoms with van der Waals surface area (Å²) in [5, 5.41) is 2.90. The van der Waals surface area contributed by atoms with E-state index in [4.69, 9.17) is 9.47 Å². The highest BCUT2D eigenvalue weighted by molar-refractivity contribution is 9.11. The minimum atomic E-state index is 0.472. The van der Waals surface area contributed by atoms with Crippen molar-refractivity contribution < 1.29 is 9.47 Å². The van der Waals surface area contributed by atoms with E-state index in [0.29, 0.717) is 17.6 Å². The second kappa shape index (κ2) is 6.41. The Hall–Kier alpha value is -1.34. The van der Waals surface area contributed by atoms with Crippen LogP contribution in [0.2, 0.25) is 0 Å². The van der Waals surface area contributed by atoms with Crippen molar-refractivity contribution in [2.75, 3.05) is 19.5 Å². The van der Waals surface area contributed by atoms with Gasteiger partial charge in [-0.25, -0.2) is 4.98 Å². The largest absolute Gasteiger partial charge is 0.496 e. The van der Waals surface area contributed by atoms with Crippen molar-refractivity contribution in [3.63, 3.8) is 0 Å². The average Bonchev–Trinajstić information content (AvgIpc) is 2.41. The molecule has 106 valence electrons. The van der Waals surface area contributed by atoms with Gasteiger partial charge in [0.05, 0.1) is 16.1 Å². The molecule has 7 heteroatoms. The molecule has 0 saturated carbocycles. The van der Waals surface area contributed by atoms with Gasteiger partial charge in [-0.05, 0) is 50.9 Å². The molecule has 0 fully saturated rings. The summed E-state index contributed by atoms with van der Waals surface area (Å²) in [7, 11) is 3.37. The van der Waals surface area contributed by atoms with E-state index < -0.39 is 0 Å². The maximum absolute atomic E-state index is 5.79. The Bertz CT molecular complexity index is 635. The minimum Gasteiger partial charge on any atom is -0.496 e. The van der Waals surface area contributed by atoms with E-state index in [1.54, 1.807) is 20.2 Å². The molecule has 0 radical (unpaired) electrons. The average molecular weight is 403 g/mol. The summed E-state index contributed by atoms with van der Waals surface area (Å²) in [5.74, 6) is 2.35. The van der Waals surface area contributed by atoms with Crippen molar-refractivity contribution in [2.24, 2.45) is 0 Å². The number of nitrogens with one attached hydrogen (secondary N) is 1. The Labute approximate surface area is 134 Å². The minimum absolute atomic E-state index is 0.472. The first kappa shape index (κ1) is 15.1. The van der Waals surface area contributed by atoms with E-state index in [1.165, 1.54) is 0 Å². The quantitative estimate of drug-likeness (QED) is 0.832. The molecule has 0 aliphatic rings. The lowest BCUT2D eigenvalue weighted by Gasteiger charge is -2.11. The smallest absolute Gasteiger partial charge is 0.225 e. The monoisotopic (exact) mass is 401 g/mol. The summed E-state index contributed by atoms with van der Waals surface area (Å²) >= 11 is 6.88. The molecule has 0 unspecified atom stereocenters. The van der Waals surface area contributed by atoms with Gasteiger partial charge >= 0.3 is 0 Å². The number of ether oxygens (including phenoxy) is 2. The van der Waals surface area contributed by atoms with Crippen molar-refractivity contribution in [3.05, 3.63) is 32.8 Å². The van der Waals surface area contributed by atoms with Gasteiger partial charge in [0.2, 0.25) is 11.8 Å². The number of hydrogen-bond acceptors (Lipinski definition) is 5. The van der Waals surface area contributed by atoms with Crippen molar-refractivity contribution >= 4 is 37.8 Å². The summed E-state index contributed by atoms with van der Waals surface area (Å²) in [5.41, 5.74) is 0.822. The summed E-state index contributed by atoms with van der Waals surface area (Å²) in [4.78, 5) is 8.47. The normalized spacial score (nSPS) is 10.2. The highest BCUT2D eigenvalue weighted by atomic mass is 79.9. The molecular weight excluding hydrogens is 390 g/mol. The first-order valence-corrected chi connectivity index (χ1v) is 7.36. The van der Waals surface area contributed by atoms with Gasteiger partial charge in [0.1, 0.15) is 11.5 Å². The van der Waals surface area contributed by atoms with Crippen molar-refractivity contribution in [1.82, 2.24) is 9.97 Å². The van der Waals surface area contributed by atoms with Gasteiger partial charge < -0.3 is 14.8 Å². The number of rotatable bonds is 4. The number of halogens is 2. The van der Waals surface area contributed by atoms with Crippen LogP contribution in [0.5, 0.6) is 17.4 Å². The van der Waals surface area contributed by atoms with E-state index in [2.05, 4.69) is 47.1 Å². The molecule has 1 heterocycles. The molecule has 0 aliphatic heterocycles. The molecular formula is C13H13Br2N3O2. The van der Waals surface area contributed by atoms with Gasteiger partial charge in [-0.1, -0.05) is 0 Å². The van der Waals surface area contributed by atoms with E-state index in [1.807, 2.05) is 19.1 Å². The molecule has 1 aromatic heterocycles. The highest BCUT2D eigenvalue weighted by Crippen LogP contribution is 2.37. The Morgan fingerprint density at radius 1 is 1.05 bits per heavy atom. The molecule has 2 aromatic rings. The van der Waals surface area contributed by atoms with Crippen molar-refractivity contribution in [2.45, 2.75) is 6.92 Å². The van der Waals surface area contributed by atoms with Crippen LogP contribution in [-0.4, -0.2) is 24.1 Å². The third-order valence-corrected chi connectivity index (χ3v) is 3.71. The lowest BCUT2D eigenvalue weighted by molar-refractivity contribution is 0.408. The third-order valence-electron chi connectivity index (χ3n) is 2.48. The van der Waals surface area contributed by atoms with Crippen LogP contribution in [0.1, 0.15) is 5.69 Å². The number of nitrogens with zero attached hydrogens (tertiary/aromatic N) is 2. The predicted molar refractivity (Wildman–Crippen MR) is 84.8 cm³/mol. The Morgan fingerprint density at radius 2 is 1.70 bits per heavy atom. The summed E-state index contributed by atoms with van der Waals surface area (Å²) in [6.45, 7) is 1.88. The van der Waals surface area contributed by atoms with Crippen LogP contribution in [0, 0.1) is 6.92 Å². The standard InChI is InChI=1S/C13H13Br2N3O2/c1-7-4-12(18-13(16-2)17-7)20-11-6-8(14)10(19-3)5-9(11)15/h4-6H,1-3H3,(H,16,17,18). The molecule has 0 saturated heterocycles. The maximum Gasteiger partial charge on any atom is 0.225 e. The Kier molecular flexibility index (Phi) is 4.82. The zero-order valence-electron chi connectivity index (χ0n) is 11.2. The predicted octanol–water partition coefficient (Wildman–Crippen LogP) is 4.15. The first-order valence-electron chi connectivity index (χ1n) is 5.78. The van der Waals surface area contributed by atoms with Crippen LogP contribution < -0.4 is 14.8 Å². The lowest BCUT2D eigenvalue weighted by atomic mass is 10.3. The van der Waals surface area contributed by atoms with Crippen molar-refractivity contribution in [3.8, 4) is 17.4 Å². The number of hydrogen-bond donors (Lipinski definition) is 1. The second-order valence-corrected chi connectivity index (χ2v) is 5.65. The molecule has 0 atom stereocenters. The fourth-order valence-electron chi connectivity index (χ4n) is 1.56. The van der Waals surface area contributed by atoms with Crippen LogP contribution in [-0.2, 0) is 0 Å². The Morgan fingerprint density at radius 3 is 2.35 bits per heavy atom. The molecule has 0 bridgehead atoms. The van der Waals surface area contributed by atoms with Gasteiger partial charge in [-0.3, -0.25) is 0 Å². The van der Waals surface area contributed by atoms with E-state index >= 15 is 0 Å². The number of methoxy groups -OCH3 is 1. The zero-order valence-corrected chi connectivity index (χ0v) is 14.4. The number of aromatic nitrogens is 2. The fraction of sp³-hybridized carbons (Fsp3) is 0.231. The molecule has 5 nitrogen and oxygen atoms in total. The van der Waals surface area contributed by atoms with Gasteiger partial charge in [0.15, 0.2) is 0 Å². The van der Waals surface area contributed by atoms with E-state index in [0.717, 1.165) is 20.4 Å². The van der Waals surface area contributed by atoms with Crippen LogP contribution in [0.25, 0.3) is 0 Å². The number of anilines is 1. The van der Waals surface area contributed by atoms with Crippen molar-refractivity contribution in [1.29, 1.82) is 0 Å². The topological polar surface area (TPSA) is 56.3 Å². The van der Waals surface area contributed by atoms with Crippen LogP contribution >= 0.6 is 31.9 Å². The highest BCUT2D eigenvalue weighted by Gasteiger charge is 2.11. The third kappa shape index (κ3) is 3.40. The Balaban J connectivity index is 2.35.